The number of allylic oxidation sites excluding steroid dienone is 2. The van der Waals surface area contributed by atoms with Crippen molar-refractivity contribution in [1.82, 2.24) is 0 Å². The lowest BCUT2D eigenvalue weighted by Crippen LogP contribution is -2.22. The largest absolute Gasteiger partial charge is 0.0851 e. The number of rotatable bonds is 6. The molecule has 0 heteroatoms. The summed E-state index contributed by atoms with van der Waals surface area (Å²) in [6.45, 7) is 6.96. The average Bonchev–Trinajstić information content (AvgIpc) is 2.27. The van der Waals surface area contributed by atoms with Crippen molar-refractivity contribution in [2.24, 2.45) is 11.3 Å². The molecule has 1 rings (SSSR count). The van der Waals surface area contributed by atoms with Crippen LogP contribution >= 0.6 is 0 Å². The molecule has 0 saturated carbocycles. The van der Waals surface area contributed by atoms with Crippen LogP contribution in [0.5, 0.6) is 0 Å². The standard InChI is InChI=1S/C15H28/c1-4-6-10-15(11-7-5-2)12-8-14(3)9-13-15/h8,12,14H,4-7,9-11,13H2,1-3H3. The Kier molecular flexibility index (Phi) is 5.42. The molecular weight excluding hydrogens is 180 g/mol. The summed E-state index contributed by atoms with van der Waals surface area (Å²) in [6.07, 6.45) is 16.2. The zero-order chi connectivity index (χ0) is 11.1. The zero-order valence-corrected chi connectivity index (χ0v) is 10.9. The monoisotopic (exact) mass is 208 g/mol. The first-order chi connectivity index (χ1) is 7.22. The highest BCUT2D eigenvalue weighted by Crippen LogP contribution is 2.41. The van der Waals surface area contributed by atoms with Gasteiger partial charge in [0, 0.05) is 0 Å². The van der Waals surface area contributed by atoms with Crippen LogP contribution in [0.25, 0.3) is 0 Å². The summed E-state index contributed by atoms with van der Waals surface area (Å²) in [5, 5.41) is 0. The van der Waals surface area contributed by atoms with E-state index in [1.54, 1.807) is 0 Å². The van der Waals surface area contributed by atoms with E-state index in [0.717, 1.165) is 5.92 Å². The fourth-order valence-electron chi connectivity index (χ4n) is 2.66. The molecule has 0 N–H and O–H groups in total. The molecule has 0 fully saturated rings. The van der Waals surface area contributed by atoms with Gasteiger partial charge in [0.15, 0.2) is 0 Å². The maximum atomic E-state index is 2.56. The third-order valence-corrected chi connectivity index (χ3v) is 3.93. The Morgan fingerprint density at radius 1 is 1.13 bits per heavy atom. The minimum absolute atomic E-state index is 0.582. The summed E-state index contributed by atoms with van der Waals surface area (Å²) in [4.78, 5) is 0. The van der Waals surface area contributed by atoms with Crippen LogP contribution in [0.4, 0.5) is 0 Å². The summed E-state index contributed by atoms with van der Waals surface area (Å²) >= 11 is 0. The van der Waals surface area contributed by atoms with Crippen LogP contribution < -0.4 is 0 Å². The third kappa shape index (κ3) is 4.01. The van der Waals surface area contributed by atoms with E-state index in [-0.39, 0.29) is 0 Å². The minimum atomic E-state index is 0.582. The van der Waals surface area contributed by atoms with E-state index in [1.165, 1.54) is 51.4 Å². The summed E-state index contributed by atoms with van der Waals surface area (Å²) < 4.78 is 0. The van der Waals surface area contributed by atoms with Crippen molar-refractivity contribution in [1.29, 1.82) is 0 Å². The fraction of sp³-hybridized carbons (Fsp3) is 0.867. The van der Waals surface area contributed by atoms with Crippen LogP contribution in [0.3, 0.4) is 0 Å². The molecule has 0 nitrogen and oxygen atoms in total. The number of hydrogen-bond donors (Lipinski definition) is 0. The normalized spacial score (nSPS) is 24.3. The first-order valence-electron chi connectivity index (χ1n) is 6.92. The second-order valence-electron chi connectivity index (χ2n) is 5.44. The predicted molar refractivity (Wildman–Crippen MR) is 69.0 cm³/mol. The smallest absolute Gasteiger partial charge is 0.0118 e. The highest BCUT2D eigenvalue weighted by atomic mass is 14.3. The SMILES string of the molecule is CCCCC1(CCCC)C=CC(C)CC1. The molecule has 15 heavy (non-hydrogen) atoms. The van der Waals surface area contributed by atoms with Gasteiger partial charge in [0.1, 0.15) is 0 Å². The van der Waals surface area contributed by atoms with Crippen LogP contribution in [0.15, 0.2) is 12.2 Å². The molecular formula is C15H28. The molecule has 0 aromatic carbocycles. The van der Waals surface area contributed by atoms with E-state index in [2.05, 4.69) is 32.9 Å². The topological polar surface area (TPSA) is 0 Å². The van der Waals surface area contributed by atoms with Gasteiger partial charge >= 0.3 is 0 Å². The van der Waals surface area contributed by atoms with Gasteiger partial charge in [0.05, 0.1) is 0 Å². The second-order valence-corrected chi connectivity index (χ2v) is 5.44. The van der Waals surface area contributed by atoms with Gasteiger partial charge < -0.3 is 0 Å². The summed E-state index contributed by atoms with van der Waals surface area (Å²) in [5.41, 5.74) is 0.582. The summed E-state index contributed by atoms with van der Waals surface area (Å²) in [5.74, 6) is 0.821. The van der Waals surface area contributed by atoms with Crippen molar-refractivity contribution in [2.45, 2.75) is 72.1 Å². The van der Waals surface area contributed by atoms with Gasteiger partial charge in [-0.25, -0.2) is 0 Å². The molecule has 0 spiro atoms. The molecule has 1 aliphatic carbocycles. The first kappa shape index (κ1) is 12.8. The lowest BCUT2D eigenvalue weighted by atomic mass is 9.70. The molecule has 0 heterocycles. The molecule has 88 valence electrons. The van der Waals surface area contributed by atoms with Crippen LogP contribution in [0, 0.1) is 11.3 Å². The number of unbranched alkanes of at least 4 members (excludes halogenated alkanes) is 2. The van der Waals surface area contributed by atoms with Gasteiger partial charge in [-0.3, -0.25) is 0 Å². The minimum Gasteiger partial charge on any atom is -0.0851 e. The zero-order valence-electron chi connectivity index (χ0n) is 10.9. The van der Waals surface area contributed by atoms with Gasteiger partial charge in [0.25, 0.3) is 0 Å². The van der Waals surface area contributed by atoms with Gasteiger partial charge in [-0.1, -0.05) is 58.6 Å². The van der Waals surface area contributed by atoms with E-state index in [4.69, 9.17) is 0 Å². The second kappa shape index (κ2) is 6.35. The first-order valence-corrected chi connectivity index (χ1v) is 6.92. The van der Waals surface area contributed by atoms with Crippen LogP contribution in [-0.2, 0) is 0 Å². The molecule has 0 aromatic rings. The summed E-state index contributed by atoms with van der Waals surface area (Å²) in [6, 6.07) is 0. The Balaban J connectivity index is 2.55. The Labute approximate surface area is 96.2 Å². The van der Waals surface area contributed by atoms with Crippen LogP contribution in [-0.4, -0.2) is 0 Å². The number of hydrogen-bond acceptors (Lipinski definition) is 0. The lowest BCUT2D eigenvalue weighted by molar-refractivity contribution is 0.249. The molecule has 1 aliphatic rings. The maximum Gasteiger partial charge on any atom is -0.0118 e. The van der Waals surface area contributed by atoms with Gasteiger partial charge in [-0.2, -0.15) is 0 Å². The third-order valence-electron chi connectivity index (χ3n) is 3.93. The predicted octanol–water partition coefficient (Wildman–Crippen LogP) is 5.34. The molecule has 1 atom stereocenters. The fourth-order valence-corrected chi connectivity index (χ4v) is 2.66. The average molecular weight is 208 g/mol. The van der Waals surface area contributed by atoms with E-state index < -0.39 is 0 Å². The molecule has 0 aliphatic heterocycles. The van der Waals surface area contributed by atoms with E-state index in [9.17, 15) is 0 Å². The Morgan fingerprint density at radius 3 is 2.13 bits per heavy atom. The van der Waals surface area contributed by atoms with Crippen LogP contribution in [0.1, 0.15) is 72.1 Å². The maximum absolute atomic E-state index is 2.56. The van der Waals surface area contributed by atoms with Crippen molar-refractivity contribution in [3.05, 3.63) is 12.2 Å². The van der Waals surface area contributed by atoms with Crippen molar-refractivity contribution in [3.63, 3.8) is 0 Å². The quantitative estimate of drug-likeness (QED) is 0.517. The van der Waals surface area contributed by atoms with E-state index in [1.807, 2.05) is 0 Å². The Bertz CT molecular complexity index is 182. The molecule has 0 aromatic heterocycles. The van der Waals surface area contributed by atoms with Crippen molar-refractivity contribution in [2.75, 3.05) is 0 Å². The van der Waals surface area contributed by atoms with Crippen molar-refractivity contribution >= 4 is 0 Å². The molecule has 0 saturated heterocycles. The van der Waals surface area contributed by atoms with E-state index >= 15 is 0 Å². The molecule has 0 radical (unpaired) electrons. The van der Waals surface area contributed by atoms with Crippen molar-refractivity contribution < 1.29 is 0 Å². The van der Waals surface area contributed by atoms with Crippen molar-refractivity contribution in [3.8, 4) is 0 Å². The molecule has 1 unspecified atom stereocenters. The summed E-state index contributed by atoms with van der Waals surface area (Å²) in [7, 11) is 0. The van der Waals surface area contributed by atoms with Crippen LogP contribution in [0.2, 0.25) is 0 Å². The Morgan fingerprint density at radius 2 is 1.73 bits per heavy atom. The van der Waals surface area contributed by atoms with Gasteiger partial charge in [-0.15, -0.1) is 0 Å². The molecule has 0 bridgehead atoms. The van der Waals surface area contributed by atoms with E-state index in [0.29, 0.717) is 5.41 Å². The van der Waals surface area contributed by atoms with Gasteiger partial charge in [-0.05, 0) is 37.0 Å². The highest BCUT2D eigenvalue weighted by Gasteiger charge is 2.28. The molecule has 0 amide bonds. The van der Waals surface area contributed by atoms with Gasteiger partial charge in [0.2, 0.25) is 0 Å². The lowest BCUT2D eigenvalue weighted by Gasteiger charge is -2.35. The highest BCUT2D eigenvalue weighted by molar-refractivity contribution is 5.05. The Hall–Kier alpha value is -0.260.